The first-order valence-electron chi connectivity index (χ1n) is 5.23. The van der Waals surface area contributed by atoms with Gasteiger partial charge in [0.25, 0.3) is 0 Å². The minimum Gasteiger partial charge on any atom is -0.389 e. The van der Waals surface area contributed by atoms with Gasteiger partial charge in [-0.1, -0.05) is 12.2 Å². The van der Waals surface area contributed by atoms with Gasteiger partial charge in [-0.05, 0) is 6.42 Å². The summed E-state index contributed by atoms with van der Waals surface area (Å²) in [6.45, 7) is 0. The number of sulfone groups is 1. The number of carbonyl (C=O) groups excluding carboxylic acids is 1. The van der Waals surface area contributed by atoms with Crippen LogP contribution >= 0.6 is 12.2 Å². The Morgan fingerprint density at radius 2 is 2.33 bits per heavy atom. The first-order valence-corrected chi connectivity index (χ1v) is 7.46. The van der Waals surface area contributed by atoms with Crippen LogP contribution in [0.2, 0.25) is 0 Å². The van der Waals surface area contributed by atoms with Crippen LogP contribution in [0.1, 0.15) is 12.0 Å². The standard InChI is InChI=1S/C9H12N4O3S2/c10-7(17)6-3-11-13-8(6)12-9(14)5-1-2-18(15,16)4-5/h3,5H,1-2,4H2,(H2,10,17)(H2,11,12,13,14). The summed E-state index contributed by atoms with van der Waals surface area (Å²) in [6.07, 6.45) is 1.74. The zero-order chi connectivity index (χ0) is 13.3. The van der Waals surface area contributed by atoms with Gasteiger partial charge in [-0.15, -0.1) is 0 Å². The fraction of sp³-hybridized carbons (Fsp3) is 0.444. The third-order valence-corrected chi connectivity index (χ3v) is 4.74. The second kappa shape index (κ2) is 4.65. The van der Waals surface area contributed by atoms with Crippen molar-refractivity contribution in [3.63, 3.8) is 0 Å². The summed E-state index contributed by atoms with van der Waals surface area (Å²) in [4.78, 5) is 12.0. The lowest BCUT2D eigenvalue weighted by Crippen LogP contribution is -2.25. The zero-order valence-electron chi connectivity index (χ0n) is 9.34. The van der Waals surface area contributed by atoms with E-state index in [9.17, 15) is 13.2 Å². The molecule has 1 aliphatic rings. The molecule has 7 nitrogen and oxygen atoms in total. The van der Waals surface area contributed by atoms with Gasteiger partial charge >= 0.3 is 0 Å². The van der Waals surface area contributed by atoms with E-state index in [0.717, 1.165) is 0 Å². The largest absolute Gasteiger partial charge is 0.389 e. The molecule has 1 atom stereocenters. The number of aromatic nitrogens is 2. The highest BCUT2D eigenvalue weighted by atomic mass is 32.2. The molecular weight excluding hydrogens is 276 g/mol. The molecule has 1 unspecified atom stereocenters. The zero-order valence-corrected chi connectivity index (χ0v) is 11.0. The summed E-state index contributed by atoms with van der Waals surface area (Å²) in [5, 5.41) is 8.85. The molecule has 1 aliphatic heterocycles. The maximum atomic E-state index is 11.9. The molecule has 1 amide bonds. The lowest BCUT2D eigenvalue weighted by atomic mass is 10.1. The Labute approximate surface area is 109 Å². The van der Waals surface area contributed by atoms with Crippen LogP contribution in [0.5, 0.6) is 0 Å². The summed E-state index contributed by atoms with van der Waals surface area (Å²) in [6, 6.07) is 0. The number of nitrogens with one attached hydrogen (secondary N) is 2. The highest BCUT2D eigenvalue weighted by Gasteiger charge is 2.33. The minimum absolute atomic E-state index is 0.0518. The van der Waals surface area contributed by atoms with Crippen LogP contribution in [0, 0.1) is 5.92 Å². The second-order valence-electron chi connectivity index (χ2n) is 4.11. The number of thiocarbonyl (C=S) groups is 1. The van der Waals surface area contributed by atoms with Gasteiger partial charge in [0, 0.05) is 0 Å². The molecule has 0 radical (unpaired) electrons. The highest BCUT2D eigenvalue weighted by Crippen LogP contribution is 2.20. The van der Waals surface area contributed by atoms with Gasteiger partial charge in [0.15, 0.2) is 9.84 Å². The molecular formula is C9H12N4O3S2. The molecule has 1 saturated heterocycles. The van der Waals surface area contributed by atoms with E-state index in [4.69, 9.17) is 18.0 Å². The van der Waals surface area contributed by atoms with Crippen molar-refractivity contribution in [2.24, 2.45) is 11.7 Å². The Hall–Kier alpha value is -1.48. The van der Waals surface area contributed by atoms with Gasteiger partial charge < -0.3 is 11.1 Å². The van der Waals surface area contributed by atoms with E-state index in [2.05, 4.69) is 15.5 Å². The number of nitrogens with two attached hydrogens (primary N) is 1. The molecule has 9 heteroatoms. The quantitative estimate of drug-likeness (QED) is 0.640. The van der Waals surface area contributed by atoms with Crippen LogP contribution in [0.25, 0.3) is 0 Å². The number of aromatic amines is 1. The SMILES string of the molecule is NC(=S)c1cn[nH]c1NC(=O)C1CCS(=O)(=O)C1. The molecule has 0 aliphatic carbocycles. The van der Waals surface area contributed by atoms with Crippen molar-refractivity contribution >= 4 is 38.8 Å². The lowest BCUT2D eigenvalue weighted by molar-refractivity contribution is -0.119. The Morgan fingerprint density at radius 1 is 1.61 bits per heavy atom. The van der Waals surface area contributed by atoms with Crippen LogP contribution in [0.15, 0.2) is 6.20 Å². The maximum Gasteiger partial charge on any atom is 0.229 e. The third-order valence-electron chi connectivity index (χ3n) is 2.76. The Kier molecular flexibility index (Phi) is 3.35. The number of nitrogens with zero attached hydrogens (tertiary/aromatic N) is 1. The molecule has 4 N–H and O–H groups in total. The molecule has 1 fully saturated rings. The van der Waals surface area contributed by atoms with Crippen molar-refractivity contribution in [1.29, 1.82) is 0 Å². The van der Waals surface area contributed by atoms with Crippen molar-refractivity contribution in [2.75, 3.05) is 16.8 Å². The van der Waals surface area contributed by atoms with Crippen molar-refractivity contribution in [3.05, 3.63) is 11.8 Å². The van der Waals surface area contributed by atoms with Crippen LogP contribution < -0.4 is 11.1 Å². The Balaban J connectivity index is 2.08. The molecule has 0 aromatic carbocycles. The van der Waals surface area contributed by atoms with Gasteiger partial charge in [-0.3, -0.25) is 9.89 Å². The van der Waals surface area contributed by atoms with Gasteiger partial charge in [0.1, 0.15) is 10.8 Å². The van der Waals surface area contributed by atoms with E-state index in [1.54, 1.807) is 0 Å². The molecule has 98 valence electrons. The van der Waals surface area contributed by atoms with Crippen molar-refractivity contribution in [1.82, 2.24) is 10.2 Å². The number of carbonyl (C=O) groups is 1. The van der Waals surface area contributed by atoms with Crippen LogP contribution in [0.3, 0.4) is 0 Å². The van der Waals surface area contributed by atoms with Gasteiger partial charge in [0.2, 0.25) is 5.91 Å². The van der Waals surface area contributed by atoms with E-state index >= 15 is 0 Å². The predicted octanol–water partition coefficient (Wildman–Crippen LogP) is -0.583. The smallest absolute Gasteiger partial charge is 0.229 e. The van der Waals surface area contributed by atoms with Gasteiger partial charge in [-0.25, -0.2) is 8.42 Å². The van der Waals surface area contributed by atoms with Crippen LogP contribution in [-0.2, 0) is 14.6 Å². The molecule has 2 heterocycles. The number of H-pyrrole nitrogens is 1. The average molecular weight is 288 g/mol. The Bertz CT molecular complexity index is 593. The van der Waals surface area contributed by atoms with Crippen LogP contribution in [0.4, 0.5) is 5.82 Å². The molecule has 1 aromatic heterocycles. The number of anilines is 1. The summed E-state index contributed by atoms with van der Waals surface area (Å²) in [5.74, 6) is -0.655. The molecule has 18 heavy (non-hydrogen) atoms. The highest BCUT2D eigenvalue weighted by molar-refractivity contribution is 7.91. The van der Waals surface area contributed by atoms with Crippen molar-refractivity contribution in [3.8, 4) is 0 Å². The number of hydrogen-bond acceptors (Lipinski definition) is 5. The molecule has 2 rings (SSSR count). The number of hydrogen-bond donors (Lipinski definition) is 3. The van der Waals surface area contributed by atoms with Crippen molar-refractivity contribution in [2.45, 2.75) is 6.42 Å². The first-order chi connectivity index (χ1) is 8.39. The van der Waals surface area contributed by atoms with Gasteiger partial charge in [0.05, 0.1) is 29.2 Å². The predicted molar refractivity (Wildman–Crippen MR) is 69.9 cm³/mol. The molecule has 1 aromatic rings. The maximum absolute atomic E-state index is 11.9. The average Bonchev–Trinajstić information content (AvgIpc) is 2.84. The minimum atomic E-state index is -3.08. The normalized spacial score (nSPS) is 21.7. The summed E-state index contributed by atoms with van der Waals surface area (Å²) in [5.41, 5.74) is 5.89. The van der Waals surface area contributed by atoms with Crippen LogP contribution in [-0.4, -0.2) is 41.0 Å². The van der Waals surface area contributed by atoms with E-state index in [1.165, 1.54) is 6.20 Å². The van der Waals surface area contributed by atoms with E-state index < -0.39 is 15.8 Å². The summed E-state index contributed by atoms with van der Waals surface area (Å²) >= 11 is 4.80. The summed E-state index contributed by atoms with van der Waals surface area (Å²) in [7, 11) is -3.08. The molecule has 0 bridgehead atoms. The lowest BCUT2D eigenvalue weighted by Gasteiger charge is -2.08. The van der Waals surface area contributed by atoms with E-state index in [1.807, 2.05) is 0 Å². The topological polar surface area (TPSA) is 118 Å². The monoisotopic (exact) mass is 288 g/mol. The third kappa shape index (κ3) is 2.67. The Morgan fingerprint density at radius 3 is 2.89 bits per heavy atom. The van der Waals surface area contributed by atoms with Gasteiger partial charge in [-0.2, -0.15) is 5.10 Å². The first kappa shape index (κ1) is 13.0. The number of rotatable bonds is 3. The van der Waals surface area contributed by atoms with E-state index in [0.29, 0.717) is 17.8 Å². The molecule has 0 saturated carbocycles. The second-order valence-corrected chi connectivity index (χ2v) is 6.78. The van der Waals surface area contributed by atoms with E-state index in [-0.39, 0.29) is 22.4 Å². The molecule has 0 spiro atoms. The van der Waals surface area contributed by atoms with Crippen molar-refractivity contribution < 1.29 is 13.2 Å². The fourth-order valence-electron chi connectivity index (χ4n) is 1.80. The summed E-state index contributed by atoms with van der Waals surface area (Å²) < 4.78 is 22.6. The number of amides is 1. The fourth-order valence-corrected chi connectivity index (χ4v) is 3.69.